The third kappa shape index (κ3) is 4.85. The van der Waals surface area contributed by atoms with E-state index in [1.807, 2.05) is 0 Å². The topological polar surface area (TPSA) is 89.9 Å². The number of hydrogen-bond acceptors (Lipinski definition) is 5. The van der Waals surface area contributed by atoms with Crippen LogP contribution in [-0.4, -0.2) is 35.0 Å². The molecule has 0 spiro atoms. The Bertz CT molecular complexity index is 696. The number of carbonyl (C=O) groups excluding carboxylic acids is 2. The summed E-state index contributed by atoms with van der Waals surface area (Å²) in [4.78, 5) is 34.6. The Hall–Kier alpha value is -2.77. The average molecular weight is 356 g/mol. The van der Waals surface area contributed by atoms with Crippen molar-refractivity contribution < 1.29 is 37.7 Å². The summed E-state index contributed by atoms with van der Waals surface area (Å²) in [6.45, 7) is 7.38. The van der Waals surface area contributed by atoms with Crippen LogP contribution in [0.4, 0.5) is 8.78 Å². The number of benzene rings is 1. The molecule has 8 heteroatoms. The number of carboxylic acid groups (broad SMARTS) is 1. The van der Waals surface area contributed by atoms with Crippen molar-refractivity contribution >= 4 is 17.9 Å². The zero-order valence-corrected chi connectivity index (χ0v) is 13.9. The number of esters is 2. The highest BCUT2D eigenvalue weighted by molar-refractivity contribution is 5.95. The van der Waals surface area contributed by atoms with Crippen LogP contribution >= 0.6 is 0 Å². The minimum atomic E-state index is -4.27. The molecule has 0 aliphatic heterocycles. The molecule has 1 unspecified atom stereocenters. The summed E-state index contributed by atoms with van der Waals surface area (Å²) in [6.07, 6.45) is -2.19. The fourth-order valence-corrected chi connectivity index (χ4v) is 1.84. The van der Waals surface area contributed by atoms with Crippen molar-refractivity contribution in [3.63, 3.8) is 0 Å². The van der Waals surface area contributed by atoms with Crippen molar-refractivity contribution in [2.75, 3.05) is 0 Å². The van der Waals surface area contributed by atoms with E-state index in [1.54, 1.807) is 0 Å². The fraction of sp³-hybridized carbons (Fsp3) is 0.353. The molecule has 0 radical (unpaired) electrons. The molecule has 0 saturated heterocycles. The predicted molar refractivity (Wildman–Crippen MR) is 83.5 cm³/mol. The summed E-state index contributed by atoms with van der Waals surface area (Å²) in [6, 6.07) is 5.36. The van der Waals surface area contributed by atoms with Gasteiger partial charge in [-0.1, -0.05) is 32.6 Å². The van der Waals surface area contributed by atoms with E-state index in [0.29, 0.717) is 0 Å². The highest BCUT2D eigenvalue weighted by atomic mass is 19.3. The lowest BCUT2D eigenvalue weighted by Gasteiger charge is -2.26. The lowest BCUT2D eigenvalue weighted by molar-refractivity contribution is -0.187. The molecule has 1 rings (SSSR count). The molecule has 0 aromatic heterocycles. The first kappa shape index (κ1) is 20.3. The predicted octanol–water partition coefficient (Wildman–Crippen LogP) is 3.07. The van der Waals surface area contributed by atoms with Gasteiger partial charge >= 0.3 is 23.8 Å². The Labute approximate surface area is 143 Å². The summed E-state index contributed by atoms with van der Waals surface area (Å²) in [5.41, 5.74) is -0.218. The van der Waals surface area contributed by atoms with E-state index < -0.39 is 35.9 Å². The van der Waals surface area contributed by atoms with Crippen LogP contribution in [0.25, 0.3) is 0 Å². The number of ether oxygens (including phenoxy) is 2. The number of aliphatic carboxylic acids is 1. The van der Waals surface area contributed by atoms with Gasteiger partial charge in [-0.2, -0.15) is 8.78 Å². The molecular weight excluding hydrogens is 338 g/mol. The molecule has 0 saturated carbocycles. The lowest BCUT2D eigenvalue weighted by Crippen LogP contribution is -2.47. The normalized spacial score (nSPS) is 12.4. The first-order valence-corrected chi connectivity index (χ1v) is 7.27. The molecule has 0 aliphatic rings. The summed E-state index contributed by atoms with van der Waals surface area (Å²) in [7, 11) is 0. The standard InChI is InChI=1S/C17H18F2O6/c1-9(2)13(17(18,19)16(22)23)25-15(21)11-7-5-6-8-12(11)24-14(20)10(3)4/h5-9,13H,3H2,1-2,4H3,(H,22,23). The van der Waals surface area contributed by atoms with E-state index in [9.17, 15) is 23.2 Å². The average Bonchev–Trinajstić information content (AvgIpc) is 2.51. The van der Waals surface area contributed by atoms with Gasteiger partial charge < -0.3 is 14.6 Å². The molecule has 0 heterocycles. The van der Waals surface area contributed by atoms with Crippen LogP contribution in [0.3, 0.4) is 0 Å². The van der Waals surface area contributed by atoms with Crippen LogP contribution in [0.2, 0.25) is 0 Å². The lowest BCUT2D eigenvalue weighted by atomic mass is 10.0. The fourth-order valence-electron chi connectivity index (χ4n) is 1.84. The van der Waals surface area contributed by atoms with Gasteiger partial charge in [0.1, 0.15) is 11.3 Å². The molecule has 136 valence electrons. The second-order valence-corrected chi connectivity index (χ2v) is 5.66. The van der Waals surface area contributed by atoms with Crippen LogP contribution in [0.1, 0.15) is 31.1 Å². The summed E-state index contributed by atoms with van der Waals surface area (Å²) >= 11 is 0. The highest BCUT2D eigenvalue weighted by Gasteiger charge is 2.51. The number of carbonyl (C=O) groups is 3. The quantitative estimate of drug-likeness (QED) is 0.459. The van der Waals surface area contributed by atoms with E-state index in [1.165, 1.54) is 45.0 Å². The number of para-hydroxylation sites is 1. The van der Waals surface area contributed by atoms with Crippen LogP contribution in [0, 0.1) is 5.92 Å². The Morgan fingerprint density at radius 1 is 1.20 bits per heavy atom. The second kappa shape index (κ2) is 7.87. The Morgan fingerprint density at radius 3 is 2.24 bits per heavy atom. The first-order valence-electron chi connectivity index (χ1n) is 7.27. The van der Waals surface area contributed by atoms with Crippen LogP contribution in [0.15, 0.2) is 36.4 Å². The maximum Gasteiger partial charge on any atom is 0.378 e. The number of carboxylic acids is 1. The van der Waals surface area contributed by atoms with Gasteiger partial charge in [-0.25, -0.2) is 14.4 Å². The van der Waals surface area contributed by atoms with Gasteiger partial charge in [-0.3, -0.25) is 0 Å². The number of rotatable bonds is 7. The molecule has 0 fully saturated rings. The maximum absolute atomic E-state index is 13.8. The Kier molecular flexibility index (Phi) is 6.38. The number of alkyl halides is 2. The largest absolute Gasteiger partial charge is 0.477 e. The zero-order chi connectivity index (χ0) is 19.4. The van der Waals surface area contributed by atoms with E-state index >= 15 is 0 Å². The maximum atomic E-state index is 13.8. The van der Waals surface area contributed by atoms with E-state index in [0.717, 1.165) is 0 Å². The van der Waals surface area contributed by atoms with Gasteiger partial charge in [0.2, 0.25) is 0 Å². The molecule has 1 aromatic rings. The summed E-state index contributed by atoms with van der Waals surface area (Å²) < 4.78 is 37.2. The smallest absolute Gasteiger partial charge is 0.378 e. The minimum Gasteiger partial charge on any atom is -0.477 e. The Morgan fingerprint density at radius 2 is 1.76 bits per heavy atom. The number of hydrogen-bond donors (Lipinski definition) is 1. The SMILES string of the molecule is C=C(C)C(=O)Oc1ccccc1C(=O)OC(C(C)C)C(F)(F)C(=O)O. The molecule has 0 aliphatic carbocycles. The van der Waals surface area contributed by atoms with Gasteiger partial charge in [0, 0.05) is 5.57 Å². The molecule has 1 aromatic carbocycles. The summed E-state index contributed by atoms with van der Waals surface area (Å²) in [5.74, 6) is -9.89. The number of halogens is 2. The molecule has 6 nitrogen and oxygen atoms in total. The monoisotopic (exact) mass is 356 g/mol. The Balaban J connectivity index is 3.13. The van der Waals surface area contributed by atoms with Gasteiger partial charge in [0.15, 0.2) is 6.10 Å². The highest BCUT2D eigenvalue weighted by Crippen LogP contribution is 2.30. The van der Waals surface area contributed by atoms with Crippen molar-refractivity contribution in [3.05, 3.63) is 42.0 Å². The molecule has 25 heavy (non-hydrogen) atoms. The molecular formula is C17H18F2O6. The van der Waals surface area contributed by atoms with Gasteiger partial charge in [-0.05, 0) is 25.0 Å². The van der Waals surface area contributed by atoms with Gasteiger partial charge in [0.25, 0.3) is 0 Å². The third-order valence-electron chi connectivity index (χ3n) is 3.14. The second-order valence-electron chi connectivity index (χ2n) is 5.66. The van der Waals surface area contributed by atoms with E-state index in [4.69, 9.17) is 14.6 Å². The molecule has 0 bridgehead atoms. The zero-order valence-electron chi connectivity index (χ0n) is 13.9. The van der Waals surface area contributed by atoms with Crippen LogP contribution in [0.5, 0.6) is 5.75 Å². The van der Waals surface area contributed by atoms with E-state index in [2.05, 4.69) is 6.58 Å². The van der Waals surface area contributed by atoms with Crippen molar-refractivity contribution in [1.29, 1.82) is 0 Å². The molecule has 0 amide bonds. The molecule has 1 atom stereocenters. The first-order chi connectivity index (χ1) is 11.5. The van der Waals surface area contributed by atoms with Crippen molar-refractivity contribution in [2.24, 2.45) is 5.92 Å². The van der Waals surface area contributed by atoms with Crippen molar-refractivity contribution in [1.82, 2.24) is 0 Å². The van der Waals surface area contributed by atoms with Crippen molar-refractivity contribution in [3.8, 4) is 5.75 Å². The minimum absolute atomic E-state index is 0.0700. The molecule has 1 N–H and O–H groups in total. The van der Waals surface area contributed by atoms with Gasteiger partial charge in [-0.15, -0.1) is 0 Å². The van der Waals surface area contributed by atoms with Gasteiger partial charge in [0.05, 0.1) is 0 Å². The third-order valence-corrected chi connectivity index (χ3v) is 3.14. The van der Waals surface area contributed by atoms with E-state index in [-0.39, 0.29) is 16.9 Å². The van der Waals surface area contributed by atoms with Crippen LogP contribution in [-0.2, 0) is 14.3 Å². The van der Waals surface area contributed by atoms with Crippen molar-refractivity contribution in [2.45, 2.75) is 32.8 Å². The van der Waals surface area contributed by atoms with Crippen LogP contribution < -0.4 is 4.74 Å². The summed E-state index contributed by atoms with van der Waals surface area (Å²) in [5, 5.41) is 8.66.